The predicted molar refractivity (Wildman–Crippen MR) is 108 cm³/mol. The van der Waals surface area contributed by atoms with Crippen LogP contribution >= 0.6 is 12.4 Å². The van der Waals surface area contributed by atoms with Gasteiger partial charge in [0.1, 0.15) is 5.82 Å². The molecule has 28 heavy (non-hydrogen) atoms. The third-order valence-electron chi connectivity index (χ3n) is 4.58. The zero-order valence-electron chi connectivity index (χ0n) is 15.2. The number of carbonyl (C=O) groups excluding carboxylic acids is 1. The van der Waals surface area contributed by atoms with Crippen LogP contribution in [-0.2, 0) is 21.2 Å². The molecule has 1 aliphatic heterocycles. The van der Waals surface area contributed by atoms with Gasteiger partial charge in [0.25, 0.3) is 10.0 Å². The van der Waals surface area contributed by atoms with Crippen molar-refractivity contribution >= 4 is 34.0 Å². The number of hydrogen-bond donors (Lipinski definition) is 2. The van der Waals surface area contributed by atoms with Crippen LogP contribution in [0.5, 0.6) is 0 Å². The van der Waals surface area contributed by atoms with E-state index in [4.69, 9.17) is 5.73 Å². The Morgan fingerprint density at radius 1 is 1.07 bits per heavy atom. The Morgan fingerprint density at radius 3 is 2.21 bits per heavy atom. The molecule has 9 heteroatoms. The van der Waals surface area contributed by atoms with Gasteiger partial charge < -0.3 is 10.6 Å². The number of nitrogens with zero attached hydrogens (tertiary/aromatic N) is 1. The van der Waals surface area contributed by atoms with Crippen LogP contribution in [0.25, 0.3) is 0 Å². The molecule has 3 N–H and O–H groups in total. The molecular formula is C19H23ClFN3O3S. The Hall–Kier alpha value is -2.16. The average Bonchev–Trinajstić information content (AvgIpc) is 2.64. The summed E-state index contributed by atoms with van der Waals surface area (Å²) in [7, 11) is -3.79. The van der Waals surface area contributed by atoms with Gasteiger partial charge in [-0.15, -0.1) is 12.4 Å². The Morgan fingerprint density at radius 2 is 1.64 bits per heavy atom. The SMILES string of the molecule is Cl.NC1CCN(C(=O)Cc2ccc(NS(=O)(=O)c3ccc(F)cc3)cc2)CC1. The van der Waals surface area contributed by atoms with Crippen LogP contribution in [0.3, 0.4) is 0 Å². The Labute approximate surface area is 170 Å². The van der Waals surface area contributed by atoms with Crippen molar-refractivity contribution in [1.82, 2.24) is 4.90 Å². The molecule has 1 fully saturated rings. The molecule has 0 aliphatic carbocycles. The van der Waals surface area contributed by atoms with Crippen LogP contribution in [0.4, 0.5) is 10.1 Å². The van der Waals surface area contributed by atoms with E-state index in [1.165, 1.54) is 12.1 Å². The first-order valence-corrected chi connectivity index (χ1v) is 10.2. The number of rotatable bonds is 5. The Bertz CT molecular complexity index is 897. The van der Waals surface area contributed by atoms with Gasteiger partial charge in [-0.25, -0.2) is 12.8 Å². The van der Waals surface area contributed by atoms with Crippen LogP contribution in [0.1, 0.15) is 18.4 Å². The van der Waals surface area contributed by atoms with Crippen molar-refractivity contribution in [2.45, 2.75) is 30.2 Å². The first-order chi connectivity index (χ1) is 12.8. The number of halogens is 2. The lowest BCUT2D eigenvalue weighted by Crippen LogP contribution is -2.43. The van der Waals surface area contributed by atoms with Gasteiger partial charge in [-0.05, 0) is 54.8 Å². The second kappa shape index (κ2) is 9.36. The lowest BCUT2D eigenvalue weighted by molar-refractivity contribution is -0.131. The molecule has 0 unspecified atom stereocenters. The zero-order valence-corrected chi connectivity index (χ0v) is 16.8. The van der Waals surface area contributed by atoms with E-state index in [1.54, 1.807) is 24.3 Å². The average molecular weight is 428 g/mol. The summed E-state index contributed by atoms with van der Waals surface area (Å²) in [4.78, 5) is 14.1. The molecule has 2 aromatic rings. The normalized spacial score (nSPS) is 15.0. The molecule has 152 valence electrons. The first-order valence-electron chi connectivity index (χ1n) is 8.74. The monoisotopic (exact) mass is 427 g/mol. The van der Waals surface area contributed by atoms with E-state index < -0.39 is 15.8 Å². The van der Waals surface area contributed by atoms with E-state index in [2.05, 4.69) is 4.72 Å². The maximum absolute atomic E-state index is 13.0. The summed E-state index contributed by atoms with van der Waals surface area (Å²) in [5.74, 6) is -0.458. The molecule has 0 spiro atoms. The summed E-state index contributed by atoms with van der Waals surface area (Å²) < 4.78 is 40.0. The van der Waals surface area contributed by atoms with E-state index >= 15 is 0 Å². The highest BCUT2D eigenvalue weighted by atomic mass is 35.5. The molecule has 3 rings (SSSR count). The number of hydrogen-bond acceptors (Lipinski definition) is 4. The second-order valence-electron chi connectivity index (χ2n) is 6.65. The van der Waals surface area contributed by atoms with Crippen molar-refractivity contribution in [2.24, 2.45) is 5.73 Å². The van der Waals surface area contributed by atoms with E-state index in [0.717, 1.165) is 30.5 Å². The van der Waals surface area contributed by atoms with E-state index in [9.17, 15) is 17.6 Å². The molecule has 1 aliphatic rings. The van der Waals surface area contributed by atoms with Crippen LogP contribution in [0, 0.1) is 5.82 Å². The van der Waals surface area contributed by atoms with Crippen LogP contribution in [0.15, 0.2) is 53.4 Å². The number of amides is 1. The summed E-state index contributed by atoms with van der Waals surface area (Å²) in [6.07, 6.45) is 1.89. The van der Waals surface area contributed by atoms with Crippen molar-refractivity contribution in [1.29, 1.82) is 0 Å². The van der Waals surface area contributed by atoms with Gasteiger partial charge in [0, 0.05) is 24.8 Å². The third kappa shape index (κ3) is 5.67. The standard InChI is InChI=1S/C19H22FN3O3S.ClH/c20-15-3-7-18(8-4-15)27(25,26)22-17-5-1-14(2-6-17)13-19(24)23-11-9-16(21)10-12-23;/h1-8,16,22H,9-13,21H2;1H. The Balaban J connectivity index is 0.00000280. The van der Waals surface area contributed by atoms with E-state index in [-0.39, 0.29) is 35.7 Å². The summed E-state index contributed by atoms with van der Waals surface area (Å²) >= 11 is 0. The highest BCUT2D eigenvalue weighted by molar-refractivity contribution is 7.92. The Kier molecular flexibility index (Phi) is 7.40. The maximum atomic E-state index is 13.0. The first kappa shape index (κ1) is 22.1. The minimum absolute atomic E-state index is 0. The van der Waals surface area contributed by atoms with Crippen molar-refractivity contribution in [2.75, 3.05) is 17.8 Å². The summed E-state index contributed by atoms with van der Waals surface area (Å²) in [5, 5.41) is 0. The highest BCUT2D eigenvalue weighted by Crippen LogP contribution is 2.18. The number of carbonyl (C=O) groups is 1. The van der Waals surface area contributed by atoms with Gasteiger partial charge in [0.2, 0.25) is 5.91 Å². The predicted octanol–water partition coefficient (Wildman–Crippen LogP) is 2.54. The lowest BCUT2D eigenvalue weighted by atomic mass is 10.0. The van der Waals surface area contributed by atoms with Crippen LogP contribution in [0.2, 0.25) is 0 Å². The highest BCUT2D eigenvalue weighted by Gasteiger charge is 2.20. The number of benzene rings is 2. The molecule has 1 amide bonds. The smallest absolute Gasteiger partial charge is 0.261 e. The maximum Gasteiger partial charge on any atom is 0.261 e. The quantitative estimate of drug-likeness (QED) is 0.766. The number of sulfonamides is 1. The summed E-state index contributed by atoms with van der Waals surface area (Å²) in [5.41, 5.74) is 7.03. The van der Waals surface area contributed by atoms with Gasteiger partial charge in [-0.1, -0.05) is 12.1 Å². The minimum Gasteiger partial charge on any atom is -0.342 e. The molecule has 0 radical (unpaired) electrons. The largest absolute Gasteiger partial charge is 0.342 e. The molecule has 1 saturated heterocycles. The molecule has 0 bridgehead atoms. The third-order valence-corrected chi connectivity index (χ3v) is 5.97. The van der Waals surface area contributed by atoms with Crippen LogP contribution in [-0.4, -0.2) is 38.4 Å². The second-order valence-corrected chi connectivity index (χ2v) is 8.33. The fraction of sp³-hybridized carbons (Fsp3) is 0.316. The molecule has 0 atom stereocenters. The van der Waals surface area contributed by atoms with E-state index in [0.29, 0.717) is 18.8 Å². The summed E-state index contributed by atoms with van der Waals surface area (Å²) in [6.45, 7) is 1.35. The number of nitrogens with one attached hydrogen (secondary N) is 1. The number of piperidine rings is 1. The van der Waals surface area contributed by atoms with Crippen molar-refractivity contribution in [3.05, 3.63) is 59.9 Å². The zero-order chi connectivity index (χ0) is 19.4. The van der Waals surface area contributed by atoms with Gasteiger partial charge in [-0.3, -0.25) is 9.52 Å². The lowest BCUT2D eigenvalue weighted by Gasteiger charge is -2.30. The van der Waals surface area contributed by atoms with Gasteiger partial charge in [-0.2, -0.15) is 0 Å². The van der Waals surface area contributed by atoms with Crippen molar-refractivity contribution in [3.8, 4) is 0 Å². The number of anilines is 1. The molecular weight excluding hydrogens is 405 g/mol. The number of nitrogens with two attached hydrogens (primary N) is 1. The van der Waals surface area contributed by atoms with E-state index in [1.807, 2.05) is 4.90 Å². The van der Waals surface area contributed by atoms with Gasteiger partial charge in [0.15, 0.2) is 0 Å². The molecule has 0 saturated carbocycles. The van der Waals surface area contributed by atoms with Crippen molar-refractivity contribution in [3.63, 3.8) is 0 Å². The minimum atomic E-state index is -3.79. The van der Waals surface area contributed by atoms with Crippen LogP contribution < -0.4 is 10.5 Å². The fourth-order valence-electron chi connectivity index (χ4n) is 2.95. The summed E-state index contributed by atoms with van der Waals surface area (Å²) in [6, 6.07) is 11.4. The molecule has 2 aromatic carbocycles. The van der Waals surface area contributed by atoms with Gasteiger partial charge in [0.05, 0.1) is 11.3 Å². The topological polar surface area (TPSA) is 92.5 Å². The molecule has 0 aromatic heterocycles. The fourth-order valence-corrected chi connectivity index (χ4v) is 4.01. The molecule has 6 nitrogen and oxygen atoms in total. The van der Waals surface area contributed by atoms with Crippen molar-refractivity contribution < 1.29 is 17.6 Å². The molecule has 1 heterocycles. The number of likely N-dealkylation sites (tertiary alicyclic amines) is 1. The van der Waals surface area contributed by atoms with Gasteiger partial charge >= 0.3 is 0 Å².